The molecule has 1 aliphatic rings. The number of benzene rings is 1. The van der Waals surface area contributed by atoms with E-state index < -0.39 is 0 Å². The maximum Gasteiger partial charge on any atom is 0.193 e. The van der Waals surface area contributed by atoms with Crippen LogP contribution in [0.2, 0.25) is 0 Å². The van der Waals surface area contributed by atoms with Gasteiger partial charge in [0.25, 0.3) is 0 Å². The third-order valence-electron chi connectivity index (χ3n) is 2.33. The highest BCUT2D eigenvalue weighted by atomic mass is 16.5. The smallest absolute Gasteiger partial charge is 0.193 e. The third-order valence-corrected chi connectivity index (χ3v) is 2.33. The van der Waals surface area contributed by atoms with E-state index in [4.69, 9.17) is 4.74 Å². The molecule has 0 fully saturated rings. The Morgan fingerprint density at radius 2 is 2.27 bits per heavy atom. The molecule has 0 radical (unpaired) electrons. The summed E-state index contributed by atoms with van der Waals surface area (Å²) in [7, 11) is 0. The van der Waals surface area contributed by atoms with Crippen LogP contribution in [0.5, 0.6) is 5.75 Å². The summed E-state index contributed by atoms with van der Waals surface area (Å²) in [5.41, 5.74) is 2.96. The van der Waals surface area contributed by atoms with Crippen molar-refractivity contribution < 1.29 is 11.0 Å². The molecular weight excluding hydrogens is 188 g/mol. The number of ether oxygens (including phenoxy) is 1. The topological polar surface area (TPSA) is 26.3 Å². The molecule has 0 bridgehead atoms. The fraction of sp³-hybridized carbons (Fsp3) is 0.154. The molecule has 0 unspecified atom stereocenters. The third kappa shape index (κ3) is 1.99. The lowest BCUT2D eigenvalue weighted by atomic mass is 10.1. The Labute approximate surface area is 90.4 Å². The monoisotopic (exact) mass is 202 g/mol. The van der Waals surface area contributed by atoms with Crippen molar-refractivity contribution in [3.8, 4) is 5.75 Å². The fourth-order valence-electron chi connectivity index (χ4n) is 1.44. The van der Waals surface area contributed by atoms with Gasteiger partial charge < -0.3 is 4.74 Å². The Hall–Kier alpha value is -1.83. The summed E-state index contributed by atoms with van der Waals surface area (Å²) in [5, 5.41) is 0. The number of carbonyl (C=O) groups excluding carboxylic acids is 1. The minimum Gasteiger partial charge on any atom is -0.485 e. The first-order valence-electron chi connectivity index (χ1n) is 4.80. The van der Waals surface area contributed by atoms with E-state index in [0.717, 1.165) is 22.4 Å². The number of allylic oxidation sites excluding steroid dienone is 1. The highest BCUT2D eigenvalue weighted by Gasteiger charge is 2.09. The molecule has 0 saturated heterocycles. The average molecular weight is 202 g/mol. The highest BCUT2D eigenvalue weighted by Crippen LogP contribution is 2.26. The summed E-state index contributed by atoms with van der Waals surface area (Å²) in [4.78, 5) is 11.1. The molecule has 1 aliphatic heterocycles. The minimum atomic E-state index is -0.0110. The minimum absolute atomic E-state index is 0. The molecular formula is C13H14O2. The normalized spacial score (nSPS) is 14.1. The summed E-state index contributed by atoms with van der Waals surface area (Å²) in [5.74, 6) is 0.737. The lowest BCUT2D eigenvalue weighted by Crippen LogP contribution is -2.06. The molecule has 0 aromatic heterocycles. The first-order chi connectivity index (χ1) is 7.16. The summed E-state index contributed by atoms with van der Waals surface area (Å²) >= 11 is 0. The van der Waals surface area contributed by atoms with E-state index in [-0.39, 0.29) is 13.8 Å². The van der Waals surface area contributed by atoms with Gasteiger partial charge in [-0.1, -0.05) is 24.3 Å². The molecule has 0 saturated carbocycles. The lowest BCUT2D eigenvalue weighted by Gasteiger charge is -2.08. The summed E-state index contributed by atoms with van der Waals surface area (Å²) < 4.78 is 5.40. The maximum absolute atomic E-state index is 11.1. The van der Waals surface area contributed by atoms with Crippen LogP contribution in [0.25, 0.3) is 11.6 Å². The van der Waals surface area contributed by atoms with Crippen molar-refractivity contribution in [3.05, 3.63) is 42.0 Å². The molecule has 0 aliphatic carbocycles. The standard InChI is InChI=1S/C13H12O2.H2/c1-9(2)11-4-3-10-5-6-12(14)8-15-13(10)7-11;/h3-7H,1,8H2,2H3;1H. The molecule has 0 atom stereocenters. The van der Waals surface area contributed by atoms with Crippen LogP contribution in [-0.4, -0.2) is 12.4 Å². The van der Waals surface area contributed by atoms with Crippen LogP contribution in [-0.2, 0) is 4.79 Å². The second kappa shape index (κ2) is 3.73. The quantitative estimate of drug-likeness (QED) is 0.699. The summed E-state index contributed by atoms with van der Waals surface area (Å²) in [6.45, 7) is 5.93. The highest BCUT2D eigenvalue weighted by molar-refractivity contribution is 5.96. The predicted octanol–water partition coefficient (Wildman–Crippen LogP) is 2.94. The van der Waals surface area contributed by atoms with Gasteiger partial charge in [0.05, 0.1) is 0 Å². The predicted molar refractivity (Wildman–Crippen MR) is 62.8 cm³/mol. The molecule has 0 amide bonds. The molecule has 0 N–H and O–H groups in total. The Kier molecular flexibility index (Phi) is 2.42. The van der Waals surface area contributed by atoms with Crippen molar-refractivity contribution in [3.63, 3.8) is 0 Å². The molecule has 0 spiro atoms. The molecule has 1 aromatic rings. The zero-order valence-corrected chi connectivity index (χ0v) is 8.62. The molecule has 78 valence electrons. The van der Waals surface area contributed by atoms with E-state index in [1.54, 1.807) is 12.2 Å². The maximum atomic E-state index is 11.1. The summed E-state index contributed by atoms with van der Waals surface area (Å²) in [6, 6.07) is 5.83. The van der Waals surface area contributed by atoms with Crippen molar-refractivity contribution in [1.29, 1.82) is 0 Å². The van der Waals surface area contributed by atoms with Crippen LogP contribution in [0.1, 0.15) is 19.5 Å². The van der Waals surface area contributed by atoms with Crippen LogP contribution < -0.4 is 4.74 Å². The van der Waals surface area contributed by atoms with E-state index in [1.807, 2.05) is 25.1 Å². The average Bonchev–Trinajstić information content (AvgIpc) is 2.40. The van der Waals surface area contributed by atoms with Gasteiger partial charge >= 0.3 is 0 Å². The van der Waals surface area contributed by atoms with Gasteiger partial charge in [-0.15, -0.1) is 0 Å². The van der Waals surface area contributed by atoms with Crippen molar-refractivity contribution in [1.82, 2.24) is 0 Å². The van der Waals surface area contributed by atoms with Crippen LogP contribution in [0.15, 0.2) is 30.9 Å². The van der Waals surface area contributed by atoms with Crippen LogP contribution in [0, 0.1) is 0 Å². The van der Waals surface area contributed by atoms with E-state index in [2.05, 4.69) is 6.58 Å². The van der Waals surface area contributed by atoms with E-state index >= 15 is 0 Å². The van der Waals surface area contributed by atoms with Gasteiger partial charge in [0.1, 0.15) is 5.75 Å². The first kappa shape index (κ1) is 9.71. The largest absolute Gasteiger partial charge is 0.485 e. The number of rotatable bonds is 1. The van der Waals surface area contributed by atoms with Crippen LogP contribution >= 0.6 is 0 Å². The van der Waals surface area contributed by atoms with Gasteiger partial charge in [-0.25, -0.2) is 0 Å². The fourth-order valence-corrected chi connectivity index (χ4v) is 1.44. The number of carbonyl (C=O) groups is 1. The molecule has 2 rings (SSSR count). The second-order valence-corrected chi connectivity index (χ2v) is 3.62. The van der Waals surface area contributed by atoms with E-state index in [9.17, 15) is 4.79 Å². The number of hydrogen-bond acceptors (Lipinski definition) is 2. The Balaban J connectivity index is 0.00000128. The summed E-state index contributed by atoms with van der Waals surface area (Å²) in [6.07, 6.45) is 3.33. The molecule has 2 heteroatoms. The molecule has 1 heterocycles. The van der Waals surface area contributed by atoms with Crippen molar-refractivity contribution in [2.45, 2.75) is 6.92 Å². The van der Waals surface area contributed by atoms with Gasteiger partial charge in [-0.3, -0.25) is 4.79 Å². The van der Waals surface area contributed by atoms with Crippen LogP contribution in [0.4, 0.5) is 0 Å². The van der Waals surface area contributed by atoms with Crippen LogP contribution in [0.3, 0.4) is 0 Å². The van der Waals surface area contributed by atoms with Gasteiger partial charge in [0, 0.05) is 6.99 Å². The van der Waals surface area contributed by atoms with Crippen molar-refractivity contribution >= 4 is 17.4 Å². The Bertz CT molecular complexity index is 461. The number of hydrogen-bond donors (Lipinski definition) is 0. The first-order valence-corrected chi connectivity index (χ1v) is 4.80. The number of ketones is 1. The zero-order valence-electron chi connectivity index (χ0n) is 8.62. The molecule has 15 heavy (non-hydrogen) atoms. The number of fused-ring (bicyclic) bond motifs is 1. The SMILES string of the molecule is C=C(C)c1ccc2c(c1)OCC(=O)C=C2.[HH]. The van der Waals surface area contributed by atoms with Crippen molar-refractivity contribution in [2.75, 3.05) is 6.61 Å². The van der Waals surface area contributed by atoms with Gasteiger partial charge in [-0.2, -0.15) is 0 Å². The molecule has 2 nitrogen and oxygen atoms in total. The zero-order chi connectivity index (χ0) is 10.8. The van der Waals surface area contributed by atoms with Gasteiger partial charge in [0.15, 0.2) is 12.4 Å². The van der Waals surface area contributed by atoms with Gasteiger partial charge in [0.2, 0.25) is 0 Å². The Morgan fingerprint density at radius 1 is 1.47 bits per heavy atom. The molecule has 1 aromatic carbocycles. The van der Waals surface area contributed by atoms with Crippen molar-refractivity contribution in [2.24, 2.45) is 0 Å². The Morgan fingerprint density at radius 3 is 3.00 bits per heavy atom. The van der Waals surface area contributed by atoms with E-state index in [1.165, 1.54) is 0 Å². The van der Waals surface area contributed by atoms with Gasteiger partial charge in [-0.05, 0) is 30.7 Å². The second-order valence-electron chi connectivity index (χ2n) is 3.62. The lowest BCUT2D eigenvalue weighted by molar-refractivity contribution is -0.116. The van der Waals surface area contributed by atoms with E-state index in [0.29, 0.717) is 0 Å².